The molecule has 0 saturated heterocycles. The highest BCUT2D eigenvalue weighted by atomic mass is 32.1. The van der Waals surface area contributed by atoms with Crippen molar-refractivity contribution in [2.45, 2.75) is 46.0 Å². The molecule has 2 rings (SSSR count). The Balaban J connectivity index is 1.74. The lowest BCUT2D eigenvalue weighted by molar-refractivity contribution is -0.122. The van der Waals surface area contributed by atoms with Crippen LogP contribution in [0.25, 0.3) is 0 Å². The highest BCUT2D eigenvalue weighted by Gasteiger charge is 2.40. The van der Waals surface area contributed by atoms with E-state index in [4.69, 9.17) is 18.0 Å². The van der Waals surface area contributed by atoms with Crippen LogP contribution in [0.15, 0.2) is 0 Å². The first kappa shape index (κ1) is 13.8. The van der Waals surface area contributed by atoms with Crippen LogP contribution in [0.5, 0.6) is 0 Å². The van der Waals surface area contributed by atoms with Crippen LogP contribution < -0.4 is 11.1 Å². The van der Waals surface area contributed by atoms with E-state index in [0.29, 0.717) is 23.9 Å². The van der Waals surface area contributed by atoms with Crippen molar-refractivity contribution in [3.63, 3.8) is 0 Å². The summed E-state index contributed by atoms with van der Waals surface area (Å²) in [7, 11) is 0. The van der Waals surface area contributed by atoms with E-state index < -0.39 is 0 Å². The Bertz CT molecular complexity index is 354. The fourth-order valence-corrected chi connectivity index (χ4v) is 3.42. The molecule has 2 fully saturated rings. The van der Waals surface area contributed by atoms with Gasteiger partial charge >= 0.3 is 0 Å². The van der Waals surface area contributed by atoms with Gasteiger partial charge in [-0.3, -0.25) is 4.79 Å². The van der Waals surface area contributed by atoms with Crippen molar-refractivity contribution >= 4 is 23.1 Å². The number of carbonyl (C=O) groups excluding carboxylic acids is 1. The third-order valence-electron chi connectivity index (χ3n) is 4.73. The number of nitrogens with one attached hydrogen (secondary N) is 1. The minimum atomic E-state index is -0.292. The summed E-state index contributed by atoms with van der Waals surface area (Å²) in [4.78, 5) is 12.4. The zero-order valence-corrected chi connectivity index (χ0v) is 12.2. The van der Waals surface area contributed by atoms with Crippen molar-refractivity contribution in [1.82, 2.24) is 5.32 Å². The predicted molar refractivity (Wildman–Crippen MR) is 77.1 cm³/mol. The lowest BCUT2D eigenvalue weighted by Crippen LogP contribution is -2.42. The van der Waals surface area contributed by atoms with Gasteiger partial charge < -0.3 is 11.1 Å². The van der Waals surface area contributed by atoms with Crippen LogP contribution in [0.2, 0.25) is 0 Å². The van der Waals surface area contributed by atoms with E-state index in [-0.39, 0.29) is 11.3 Å². The molecule has 102 valence electrons. The van der Waals surface area contributed by atoms with Crippen LogP contribution >= 0.6 is 12.2 Å². The minimum absolute atomic E-state index is 0.164. The van der Waals surface area contributed by atoms with E-state index in [2.05, 4.69) is 5.32 Å². The molecule has 3 atom stereocenters. The first-order valence-electron chi connectivity index (χ1n) is 6.95. The summed E-state index contributed by atoms with van der Waals surface area (Å²) in [6.45, 7) is 4.47. The Kier molecular flexibility index (Phi) is 3.95. The summed E-state index contributed by atoms with van der Waals surface area (Å²) in [5.41, 5.74) is 5.36. The van der Waals surface area contributed by atoms with Crippen LogP contribution in [0, 0.1) is 23.2 Å². The Labute approximate surface area is 115 Å². The molecule has 4 heteroatoms. The molecule has 2 bridgehead atoms. The second kappa shape index (κ2) is 5.16. The molecule has 0 aliphatic heterocycles. The average molecular weight is 268 g/mol. The SMILES string of the molecule is CC(C)(CNC(=O)CC1CC2CCC1C2)C(N)=S. The van der Waals surface area contributed by atoms with Gasteiger partial charge in [0.05, 0.1) is 4.99 Å². The zero-order chi connectivity index (χ0) is 13.3. The standard InChI is InChI=1S/C14H24N2OS/c1-14(2,13(15)18)8-16-12(17)7-11-6-9-3-4-10(11)5-9/h9-11H,3-8H2,1-2H3,(H2,15,18)(H,16,17). The summed E-state index contributed by atoms with van der Waals surface area (Å²) >= 11 is 5.00. The van der Waals surface area contributed by atoms with Crippen molar-refractivity contribution in [3.05, 3.63) is 0 Å². The average Bonchev–Trinajstić information content (AvgIpc) is 2.88. The first-order chi connectivity index (χ1) is 8.38. The third-order valence-corrected chi connectivity index (χ3v) is 5.28. The molecule has 0 heterocycles. The Hall–Kier alpha value is -0.640. The largest absolute Gasteiger partial charge is 0.393 e. The molecule has 18 heavy (non-hydrogen) atoms. The van der Waals surface area contributed by atoms with Crippen LogP contribution in [-0.2, 0) is 4.79 Å². The highest BCUT2D eigenvalue weighted by Crippen LogP contribution is 2.49. The predicted octanol–water partition coefficient (Wildman–Crippen LogP) is 2.24. The topological polar surface area (TPSA) is 55.1 Å². The second-order valence-electron chi connectivity index (χ2n) is 6.66. The molecular weight excluding hydrogens is 244 g/mol. The number of carbonyl (C=O) groups is 1. The summed E-state index contributed by atoms with van der Waals surface area (Å²) < 4.78 is 0. The van der Waals surface area contributed by atoms with Crippen LogP contribution in [0.4, 0.5) is 0 Å². The summed E-state index contributed by atoms with van der Waals surface area (Å²) in [5.74, 6) is 2.50. The van der Waals surface area contributed by atoms with Crippen molar-refractivity contribution < 1.29 is 4.79 Å². The van der Waals surface area contributed by atoms with Gasteiger partial charge in [0.2, 0.25) is 5.91 Å². The minimum Gasteiger partial charge on any atom is -0.393 e. The van der Waals surface area contributed by atoms with Gasteiger partial charge in [0.15, 0.2) is 0 Å². The van der Waals surface area contributed by atoms with Crippen molar-refractivity contribution in [3.8, 4) is 0 Å². The summed E-state index contributed by atoms with van der Waals surface area (Å²) in [6.07, 6.45) is 6.03. The van der Waals surface area contributed by atoms with E-state index >= 15 is 0 Å². The molecule has 0 spiro atoms. The van der Waals surface area contributed by atoms with Gasteiger partial charge in [-0.2, -0.15) is 0 Å². The molecule has 0 radical (unpaired) electrons. The molecule has 0 aromatic rings. The Morgan fingerprint density at radius 3 is 2.61 bits per heavy atom. The Morgan fingerprint density at radius 1 is 1.39 bits per heavy atom. The maximum absolute atomic E-state index is 11.9. The number of nitrogens with two attached hydrogens (primary N) is 1. The molecule has 3 N–H and O–H groups in total. The molecule has 0 aromatic heterocycles. The highest BCUT2D eigenvalue weighted by molar-refractivity contribution is 7.80. The fourth-order valence-electron chi connectivity index (χ4n) is 3.34. The van der Waals surface area contributed by atoms with E-state index in [1.807, 2.05) is 13.8 Å². The van der Waals surface area contributed by atoms with E-state index in [0.717, 1.165) is 11.8 Å². The van der Waals surface area contributed by atoms with Crippen LogP contribution in [0.3, 0.4) is 0 Å². The van der Waals surface area contributed by atoms with Crippen molar-refractivity contribution in [1.29, 1.82) is 0 Å². The second-order valence-corrected chi connectivity index (χ2v) is 7.10. The van der Waals surface area contributed by atoms with E-state index in [9.17, 15) is 4.79 Å². The third kappa shape index (κ3) is 3.02. The van der Waals surface area contributed by atoms with Crippen LogP contribution in [0.1, 0.15) is 46.0 Å². The molecule has 2 aliphatic rings. The molecule has 2 aliphatic carbocycles. The quantitative estimate of drug-likeness (QED) is 0.752. The smallest absolute Gasteiger partial charge is 0.220 e. The van der Waals surface area contributed by atoms with Gasteiger partial charge in [-0.15, -0.1) is 0 Å². The van der Waals surface area contributed by atoms with Gasteiger partial charge in [-0.05, 0) is 37.0 Å². The van der Waals surface area contributed by atoms with Gasteiger partial charge in [-0.25, -0.2) is 0 Å². The summed E-state index contributed by atoms with van der Waals surface area (Å²) in [6, 6.07) is 0. The van der Waals surface area contributed by atoms with Gasteiger partial charge in [0.25, 0.3) is 0 Å². The number of fused-ring (bicyclic) bond motifs is 2. The Morgan fingerprint density at radius 2 is 2.11 bits per heavy atom. The fraction of sp³-hybridized carbons (Fsp3) is 0.857. The number of thiocarbonyl (C=S) groups is 1. The number of amides is 1. The number of hydrogen-bond acceptors (Lipinski definition) is 2. The monoisotopic (exact) mass is 268 g/mol. The molecule has 3 nitrogen and oxygen atoms in total. The van der Waals surface area contributed by atoms with Gasteiger partial charge in [0, 0.05) is 18.4 Å². The molecule has 2 saturated carbocycles. The van der Waals surface area contributed by atoms with E-state index in [1.54, 1.807) is 0 Å². The van der Waals surface area contributed by atoms with Crippen LogP contribution in [-0.4, -0.2) is 17.4 Å². The molecular formula is C14H24N2OS. The van der Waals surface area contributed by atoms with Crippen molar-refractivity contribution in [2.24, 2.45) is 28.9 Å². The maximum atomic E-state index is 11.9. The summed E-state index contributed by atoms with van der Waals surface area (Å²) in [5, 5.41) is 2.98. The lowest BCUT2D eigenvalue weighted by atomic mass is 9.86. The van der Waals surface area contributed by atoms with E-state index in [1.165, 1.54) is 25.7 Å². The lowest BCUT2D eigenvalue weighted by Gasteiger charge is -2.25. The van der Waals surface area contributed by atoms with Gasteiger partial charge in [-0.1, -0.05) is 32.5 Å². The molecule has 1 amide bonds. The number of hydrogen-bond donors (Lipinski definition) is 2. The zero-order valence-electron chi connectivity index (χ0n) is 11.4. The van der Waals surface area contributed by atoms with Gasteiger partial charge in [0.1, 0.15) is 0 Å². The first-order valence-corrected chi connectivity index (χ1v) is 7.36. The van der Waals surface area contributed by atoms with Crippen molar-refractivity contribution in [2.75, 3.05) is 6.54 Å². The molecule has 0 aromatic carbocycles. The number of rotatable bonds is 5. The maximum Gasteiger partial charge on any atom is 0.220 e. The molecule has 3 unspecified atom stereocenters. The normalized spacial score (nSPS) is 30.4.